The molecule has 3 rings (SSSR count). The molecule has 1 aliphatic heterocycles. The monoisotopic (exact) mass is 289 g/mol. The summed E-state index contributed by atoms with van der Waals surface area (Å²) in [5.74, 6) is 2.49. The average molecular weight is 289 g/mol. The second-order valence-corrected chi connectivity index (χ2v) is 6.10. The van der Waals surface area contributed by atoms with Crippen molar-refractivity contribution in [2.75, 3.05) is 24.5 Å². The van der Waals surface area contributed by atoms with Gasteiger partial charge in [-0.3, -0.25) is 5.10 Å². The molecular weight excluding hydrogens is 266 g/mol. The van der Waals surface area contributed by atoms with Crippen LogP contribution in [0.2, 0.25) is 0 Å². The summed E-state index contributed by atoms with van der Waals surface area (Å²) in [7, 11) is 0. The van der Waals surface area contributed by atoms with Gasteiger partial charge in [-0.05, 0) is 30.9 Å². The number of nitrogens with zero attached hydrogens (tertiary/aromatic N) is 3. The number of aromatic amines is 1. The Bertz CT molecular complexity index is 595. The fourth-order valence-corrected chi connectivity index (χ4v) is 2.79. The van der Waals surface area contributed by atoms with Crippen molar-refractivity contribution in [1.29, 1.82) is 0 Å². The standard InChI is InChI=1S/C15H23N5O/c1-3-12-11(4-9-21-12)13-17-14(19-18-13)20-7-5-15(2,10-16)6-8-20/h4,9H,3,5-8,10,16H2,1-2H3,(H,17,18,19). The van der Waals surface area contributed by atoms with Gasteiger partial charge in [0.25, 0.3) is 0 Å². The van der Waals surface area contributed by atoms with Crippen LogP contribution in [0.1, 0.15) is 32.4 Å². The Morgan fingerprint density at radius 2 is 2.19 bits per heavy atom. The fourth-order valence-electron chi connectivity index (χ4n) is 2.79. The molecule has 3 heterocycles. The van der Waals surface area contributed by atoms with E-state index in [1.807, 2.05) is 6.07 Å². The number of anilines is 1. The zero-order valence-corrected chi connectivity index (χ0v) is 12.7. The van der Waals surface area contributed by atoms with Gasteiger partial charge in [-0.25, -0.2) is 0 Å². The van der Waals surface area contributed by atoms with Crippen molar-refractivity contribution in [2.24, 2.45) is 11.1 Å². The first-order valence-corrected chi connectivity index (χ1v) is 7.59. The molecule has 0 atom stereocenters. The van der Waals surface area contributed by atoms with E-state index in [0.29, 0.717) is 0 Å². The van der Waals surface area contributed by atoms with Crippen LogP contribution in [-0.4, -0.2) is 34.8 Å². The molecule has 6 heteroatoms. The first-order valence-electron chi connectivity index (χ1n) is 7.59. The van der Waals surface area contributed by atoms with E-state index < -0.39 is 0 Å². The highest BCUT2D eigenvalue weighted by molar-refractivity contribution is 5.58. The minimum Gasteiger partial charge on any atom is -0.469 e. The maximum atomic E-state index is 5.86. The average Bonchev–Trinajstić information content (AvgIpc) is 3.16. The van der Waals surface area contributed by atoms with Crippen LogP contribution in [0, 0.1) is 5.41 Å². The van der Waals surface area contributed by atoms with Crippen LogP contribution in [0.5, 0.6) is 0 Å². The number of hydrogen-bond donors (Lipinski definition) is 2. The maximum Gasteiger partial charge on any atom is 0.245 e. The molecule has 1 aliphatic rings. The van der Waals surface area contributed by atoms with Gasteiger partial charge in [-0.15, -0.1) is 5.10 Å². The SMILES string of the molecule is CCc1occc1-c1nc(N2CCC(C)(CN)CC2)n[nH]1. The second-order valence-electron chi connectivity index (χ2n) is 6.10. The van der Waals surface area contributed by atoms with E-state index in [4.69, 9.17) is 10.2 Å². The van der Waals surface area contributed by atoms with Crippen LogP contribution in [0.4, 0.5) is 5.95 Å². The van der Waals surface area contributed by atoms with E-state index in [2.05, 4.69) is 33.9 Å². The number of nitrogens with two attached hydrogens (primary N) is 1. The highest BCUT2D eigenvalue weighted by atomic mass is 16.3. The van der Waals surface area contributed by atoms with Crippen molar-refractivity contribution in [1.82, 2.24) is 15.2 Å². The molecule has 0 aromatic carbocycles. The van der Waals surface area contributed by atoms with Crippen LogP contribution in [0.3, 0.4) is 0 Å². The molecule has 6 nitrogen and oxygen atoms in total. The van der Waals surface area contributed by atoms with Gasteiger partial charge in [0.1, 0.15) is 5.76 Å². The largest absolute Gasteiger partial charge is 0.469 e. The Morgan fingerprint density at radius 3 is 2.86 bits per heavy atom. The molecule has 1 saturated heterocycles. The molecule has 1 fully saturated rings. The molecule has 2 aromatic heterocycles. The Morgan fingerprint density at radius 1 is 1.43 bits per heavy atom. The quantitative estimate of drug-likeness (QED) is 0.901. The summed E-state index contributed by atoms with van der Waals surface area (Å²) in [6.07, 6.45) is 4.71. The molecular formula is C15H23N5O. The predicted molar refractivity (Wildman–Crippen MR) is 82.1 cm³/mol. The third kappa shape index (κ3) is 2.68. The predicted octanol–water partition coefficient (Wildman–Crippen LogP) is 2.19. The van der Waals surface area contributed by atoms with Crippen LogP contribution < -0.4 is 10.6 Å². The first-order chi connectivity index (χ1) is 10.1. The third-order valence-corrected chi connectivity index (χ3v) is 4.54. The molecule has 0 bridgehead atoms. The summed E-state index contributed by atoms with van der Waals surface area (Å²) in [5, 5.41) is 7.39. The second kappa shape index (κ2) is 5.52. The van der Waals surface area contributed by atoms with Crippen molar-refractivity contribution in [3.63, 3.8) is 0 Å². The van der Waals surface area contributed by atoms with Gasteiger partial charge in [0.2, 0.25) is 5.95 Å². The highest BCUT2D eigenvalue weighted by Gasteiger charge is 2.30. The minimum absolute atomic E-state index is 0.259. The molecule has 0 unspecified atom stereocenters. The van der Waals surface area contributed by atoms with Crippen LogP contribution >= 0.6 is 0 Å². The minimum atomic E-state index is 0.259. The number of aryl methyl sites for hydroxylation is 1. The lowest BCUT2D eigenvalue weighted by molar-refractivity contribution is 0.257. The van der Waals surface area contributed by atoms with Crippen molar-refractivity contribution >= 4 is 5.95 Å². The normalized spacial score (nSPS) is 18.1. The Balaban J connectivity index is 1.74. The molecule has 0 amide bonds. The molecule has 0 radical (unpaired) electrons. The Labute approximate surface area is 124 Å². The first kappa shape index (κ1) is 14.1. The number of piperidine rings is 1. The third-order valence-electron chi connectivity index (χ3n) is 4.54. The van der Waals surface area contributed by atoms with Gasteiger partial charge in [0, 0.05) is 19.5 Å². The van der Waals surface area contributed by atoms with Crippen LogP contribution in [0.15, 0.2) is 16.7 Å². The van der Waals surface area contributed by atoms with E-state index >= 15 is 0 Å². The van der Waals surface area contributed by atoms with Gasteiger partial charge in [0.15, 0.2) is 5.82 Å². The highest BCUT2D eigenvalue weighted by Crippen LogP contribution is 2.31. The Kier molecular flexibility index (Phi) is 3.71. The summed E-state index contributed by atoms with van der Waals surface area (Å²) in [6, 6.07) is 1.94. The molecule has 3 N–H and O–H groups in total. The van der Waals surface area contributed by atoms with Gasteiger partial charge in [-0.2, -0.15) is 4.98 Å². The van der Waals surface area contributed by atoms with E-state index in [1.165, 1.54) is 0 Å². The number of nitrogens with one attached hydrogen (secondary N) is 1. The number of aromatic nitrogens is 3. The molecule has 114 valence electrons. The summed E-state index contributed by atoms with van der Waals surface area (Å²) in [5.41, 5.74) is 7.12. The lowest BCUT2D eigenvalue weighted by Gasteiger charge is -2.38. The van der Waals surface area contributed by atoms with E-state index in [1.54, 1.807) is 6.26 Å². The number of furan rings is 1. The van der Waals surface area contributed by atoms with E-state index in [-0.39, 0.29) is 5.41 Å². The van der Waals surface area contributed by atoms with E-state index in [9.17, 15) is 0 Å². The number of hydrogen-bond acceptors (Lipinski definition) is 5. The molecule has 0 spiro atoms. The molecule has 21 heavy (non-hydrogen) atoms. The molecule has 0 aliphatic carbocycles. The zero-order valence-electron chi connectivity index (χ0n) is 12.7. The lowest BCUT2D eigenvalue weighted by Crippen LogP contribution is -2.42. The molecule has 0 saturated carbocycles. The van der Waals surface area contributed by atoms with Crippen molar-refractivity contribution < 1.29 is 4.42 Å². The van der Waals surface area contributed by atoms with Crippen molar-refractivity contribution in [3.8, 4) is 11.4 Å². The van der Waals surface area contributed by atoms with Gasteiger partial charge in [0.05, 0.1) is 11.8 Å². The van der Waals surface area contributed by atoms with Gasteiger partial charge in [-0.1, -0.05) is 13.8 Å². The summed E-state index contributed by atoms with van der Waals surface area (Å²) in [6.45, 7) is 6.98. The van der Waals surface area contributed by atoms with Crippen LogP contribution in [-0.2, 0) is 6.42 Å². The summed E-state index contributed by atoms with van der Waals surface area (Å²) >= 11 is 0. The number of H-pyrrole nitrogens is 1. The maximum absolute atomic E-state index is 5.86. The van der Waals surface area contributed by atoms with E-state index in [0.717, 1.165) is 62.0 Å². The summed E-state index contributed by atoms with van der Waals surface area (Å²) < 4.78 is 5.45. The summed E-state index contributed by atoms with van der Waals surface area (Å²) in [4.78, 5) is 6.85. The zero-order chi connectivity index (χ0) is 14.9. The smallest absolute Gasteiger partial charge is 0.245 e. The van der Waals surface area contributed by atoms with Crippen LogP contribution in [0.25, 0.3) is 11.4 Å². The fraction of sp³-hybridized carbons (Fsp3) is 0.600. The topological polar surface area (TPSA) is 84.0 Å². The Hall–Kier alpha value is -1.82. The van der Waals surface area contributed by atoms with Crippen molar-refractivity contribution in [2.45, 2.75) is 33.1 Å². The lowest BCUT2D eigenvalue weighted by atomic mass is 9.81. The number of rotatable bonds is 4. The molecule has 2 aromatic rings. The van der Waals surface area contributed by atoms with Gasteiger partial charge >= 0.3 is 0 Å². The van der Waals surface area contributed by atoms with Gasteiger partial charge < -0.3 is 15.1 Å². The van der Waals surface area contributed by atoms with Crippen molar-refractivity contribution in [3.05, 3.63) is 18.1 Å².